The number of nitrogens with one attached hydrogen (secondary N) is 2. The first kappa shape index (κ1) is 21.7. The van der Waals surface area contributed by atoms with Crippen molar-refractivity contribution in [3.63, 3.8) is 0 Å². The molecule has 0 spiro atoms. The fourth-order valence-corrected chi connectivity index (χ4v) is 4.31. The van der Waals surface area contributed by atoms with Crippen molar-refractivity contribution in [2.45, 2.75) is 70.5 Å². The predicted octanol–water partition coefficient (Wildman–Crippen LogP) is 3.82. The van der Waals surface area contributed by atoms with Crippen molar-refractivity contribution in [2.24, 2.45) is 0 Å². The summed E-state index contributed by atoms with van der Waals surface area (Å²) >= 11 is 0. The van der Waals surface area contributed by atoms with E-state index in [2.05, 4.69) is 20.4 Å². The van der Waals surface area contributed by atoms with Gasteiger partial charge in [0.2, 0.25) is 0 Å². The highest BCUT2D eigenvalue weighted by Crippen LogP contribution is 2.40. The van der Waals surface area contributed by atoms with E-state index in [9.17, 15) is 13.6 Å². The minimum absolute atomic E-state index is 0.0812. The number of halogens is 2. The second kappa shape index (κ2) is 7.87. The Balaban J connectivity index is 1.59. The highest BCUT2D eigenvalue weighted by Gasteiger charge is 2.46. The van der Waals surface area contributed by atoms with E-state index in [-0.39, 0.29) is 5.56 Å². The molecule has 2 N–H and O–H groups in total. The molecule has 31 heavy (non-hydrogen) atoms. The van der Waals surface area contributed by atoms with E-state index in [0.717, 1.165) is 29.5 Å². The van der Waals surface area contributed by atoms with E-state index in [1.165, 1.54) is 0 Å². The Kier molecular flexibility index (Phi) is 5.51. The molecule has 3 heterocycles. The van der Waals surface area contributed by atoms with Crippen LogP contribution in [0.1, 0.15) is 57.0 Å². The van der Waals surface area contributed by atoms with Crippen LogP contribution in [0.4, 0.5) is 13.6 Å². The first-order valence-electron chi connectivity index (χ1n) is 10.4. The van der Waals surface area contributed by atoms with Gasteiger partial charge in [0.1, 0.15) is 23.3 Å². The maximum Gasteiger partial charge on any atom is 0.407 e. The third kappa shape index (κ3) is 4.57. The van der Waals surface area contributed by atoms with Gasteiger partial charge in [0.05, 0.1) is 18.3 Å². The SMILES string of the molecule is CC(C)(C)OC(=O)N[C@H]1C[C@@](C)(N2Cc3c[nH]nc3C2)CO[C@@H]1c1cc(F)ccc1F. The van der Waals surface area contributed by atoms with Gasteiger partial charge >= 0.3 is 6.09 Å². The molecule has 1 aromatic carbocycles. The molecular formula is C22H28F2N4O3. The number of alkyl carbamates (subject to hydrolysis) is 1. The molecule has 168 valence electrons. The number of carbonyl (C=O) groups is 1. The van der Waals surface area contributed by atoms with Crippen molar-refractivity contribution < 1.29 is 23.0 Å². The lowest BCUT2D eigenvalue weighted by Crippen LogP contribution is -2.58. The molecule has 0 bridgehead atoms. The fourth-order valence-electron chi connectivity index (χ4n) is 4.31. The molecule has 1 fully saturated rings. The van der Waals surface area contributed by atoms with Crippen LogP contribution in [0.2, 0.25) is 0 Å². The third-order valence-corrected chi connectivity index (χ3v) is 5.84. The van der Waals surface area contributed by atoms with Crippen molar-refractivity contribution in [3.8, 4) is 0 Å². The Labute approximate surface area is 180 Å². The minimum atomic E-state index is -0.836. The molecule has 1 saturated heterocycles. The average Bonchev–Trinajstić information content (AvgIpc) is 3.25. The number of hydrogen-bond donors (Lipinski definition) is 2. The number of ether oxygens (including phenoxy) is 2. The van der Waals surface area contributed by atoms with Crippen molar-refractivity contribution in [1.82, 2.24) is 20.4 Å². The quantitative estimate of drug-likeness (QED) is 0.768. The zero-order chi connectivity index (χ0) is 22.4. The molecule has 2 aromatic rings. The van der Waals surface area contributed by atoms with Crippen LogP contribution in [-0.4, -0.2) is 45.0 Å². The number of hydrogen-bond acceptors (Lipinski definition) is 5. The zero-order valence-corrected chi connectivity index (χ0v) is 18.2. The van der Waals surface area contributed by atoms with Crippen LogP contribution >= 0.6 is 0 Å². The highest BCUT2D eigenvalue weighted by molar-refractivity contribution is 5.68. The van der Waals surface area contributed by atoms with Crippen molar-refractivity contribution in [1.29, 1.82) is 0 Å². The number of aromatic amines is 1. The normalized spacial score (nSPS) is 26.5. The topological polar surface area (TPSA) is 79.5 Å². The second-order valence-corrected chi connectivity index (χ2v) is 9.56. The Morgan fingerprint density at radius 1 is 1.35 bits per heavy atom. The molecule has 1 amide bonds. The smallest absolute Gasteiger partial charge is 0.407 e. The number of nitrogens with zero attached hydrogens (tertiary/aromatic N) is 2. The summed E-state index contributed by atoms with van der Waals surface area (Å²) in [6.45, 7) is 9.00. The van der Waals surface area contributed by atoms with Crippen molar-refractivity contribution in [2.75, 3.05) is 6.61 Å². The molecule has 2 aliphatic heterocycles. The largest absolute Gasteiger partial charge is 0.444 e. The van der Waals surface area contributed by atoms with Crippen LogP contribution < -0.4 is 5.32 Å². The van der Waals surface area contributed by atoms with Crippen LogP contribution in [0.3, 0.4) is 0 Å². The van der Waals surface area contributed by atoms with Crippen LogP contribution in [-0.2, 0) is 22.6 Å². The summed E-state index contributed by atoms with van der Waals surface area (Å²) in [4.78, 5) is 14.8. The van der Waals surface area contributed by atoms with Gasteiger partial charge in [-0.05, 0) is 52.3 Å². The number of benzene rings is 1. The lowest BCUT2D eigenvalue weighted by molar-refractivity contribution is -0.104. The molecule has 3 atom stereocenters. The number of carbonyl (C=O) groups excluding carboxylic acids is 1. The van der Waals surface area contributed by atoms with E-state index < -0.39 is 41.0 Å². The molecule has 0 unspecified atom stereocenters. The highest BCUT2D eigenvalue weighted by atomic mass is 19.1. The Bertz CT molecular complexity index is 953. The lowest BCUT2D eigenvalue weighted by atomic mass is 9.84. The molecule has 0 saturated carbocycles. The molecule has 0 radical (unpaired) electrons. The Hall–Kier alpha value is -2.52. The Morgan fingerprint density at radius 3 is 2.84 bits per heavy atom. The minimum Gasteiger partial charge on any atom is -0.444 e. The van der Waals surface area contributed by atoms with Gasteiger partial charge in [-0.25, -0.2) is 13.6 Å². The van der Waals surface area contributed by atoms with Gasteiger partial charge in [-0.3, -0.25) is 10.00 Å². The molecular weight excluding hydrogens is 406 g/mol. The van der Waals surface area contributed by atoms with Gasteiger partial charge in [0.25, 0.3) is 0 Å². The van der Waals surface area contributed by atoms with Crippen molar-refractivity contribution in [3.05, 3.63) is 52.9 Å². The maximum atomic E-state index is 14.6. The average molecular weight is 434 g/mol. The van der Waals surface area contributed by atoms with E-state index >= 15 is 0 Å². The second-order valence-electron chi connectivity index (χ2n) is 9.56. The Morgan fingerprint density at radius 2 is 2.13 bits per heavy atom. The fraction of sp³-hybridized carbons (Fsp3) is 0.545. The van der Waals surface area contributed by atoms with Gasteiger partial charge < -0.3 is 14.8 Å². The van der Waals surface area contributed by atoms with Gasteiger partial charge in [-0.2, -0.15) is 5.10 Å². The summed E-state index contributed by atoms with van der Waals surface area (Å²) in [7, 11) is 0. The van der Waals surface area contributed by atoms with E-state index in [4.69, 9.17) is 9.47 Å². The number of rotatable bonds is 3. The van der Waals surface area contributed by atoms with Gasteiger partial charge in [0, 0.05) is 36.0 Å². The van der Waals surface area contributed by atoms with Crippen molar-refractivity contribution >= 4 is 6.09 Å². The van der Waals surface area contributed by atoms with Crippen LogP contribution in [0.15, 0.2) is 24.4 Å². The predicted molar refractivity (Wildman–Crippen MR) is 109 cm³/mol. The number of fused-ring (bicyclic) bond motifs is 1. The van der Waals surface area contributed by atoms with Crippen LogP contribution in [0.5, 0.6) is 0 Å². The lowest BCUT2D eigenvalue weighted by Gasteiger charge is -2.47. The number of amides is 1. The molecule has 2 aliphatic rings. The molecule has 1 aromatic heterocycles. The first-order valence-corrected chi connectivity index (χ1v) is 10.4. The summed E-state index contributed by atoms with van der Waals surface area (Å²) in [5, 5.41) is 9.99. The maximum absolute atomic E-state index is 14.6. The van der Waals surface area contributed by atoms with Crippen LogP contribution in [0, 0.1) is 11.6 Å². The summed E-state index contributed by atoms with van der Waals surface area (Å²) in [5.74, 6) is -1.14. The van der Waals surface area contributed by atoms with E-state index in [1.54, 1.807) is 20.8 Å². The summed E-state index contributed by atoms with van der Waals surface area (Å²) in [5.41, 5.74) is 1.06. The zero-order valence-electron chi connectivity index (χ0n) is 18.2. The van der Waals surface area contributed by atoms with Crippen LogP contribution in [0.25, 0.3) is 0 Å². The third-order valence-electron chi connectivity index (χ3n) is 5.84. The summed E-state index contributed by atoms with van der Waals surface area (Å²) in [6, 6.07) is 2.65. The van der Waals surface area contributed by atoms with E-state index in [1.807, 2.05) is 13.1 Å². The number of H-pyrrole nitrogens is 1. The van der Waals surface area contributed by atoms with Gasteiger partial charge in [0.15, 0.2) is 0 Å². The standard InChI is InChI=1S/C22H28F2N4O3/c1-21(2,3)31-20(29)26-17-8-22(4,28-10-13-9-25-27-18(13)11-28)12-30-19(17)15-7-14(23)5-6-16(15)24/h5-7,9,17,19H,8,10-12H2,1-4H3,(H,25,27)(H,26,29)/t17-,19+,22+/m0/s1. The van der Waals surface area contributed by atoms with Gasteiger partial charge in [-0.1, -0.05) is 0 Å². The molecule has 4 rings (SSSR count). The summed E-state index contributed by atoms with van der Waals surface area (Å²) in [6.07, 6.45) is 0.892. The van der Waals surface area contributed by atoms with E-state index in [0.29, 0.717) is 26.1 Å². The molecule has 0 aliphatic carbocycles. The van der Waals surface area contributed by atoms with Gasteiger partial charge in [-0.15, -0.1) is 0 Å². The number of aromatic nitrogens is 2. The monoisotopic (exact) mass is 434 g/mol. The first-order chi connectivity index (χ1) is 14.5. The molecule has 7 nitrogen and oxygen atoms in total. The molecule has 9 heteroatoms. The summed E-state index contributed by atoms with van der Waals surface area (Å²) < 4.78 is 39.9.